The summed E-state index contributed by atoms with van der Waals surface area (Å²) in [7, 11) is 3.29. The number of benzene rings is 2. The molecule has 1 N–H and O–H groups in total. The number of rotatable bonds is 4. The molecule has 0 spiro atoms. The van der Waals surface area contributed by atoms with E-state index in [1.807, 2.05) is 49.4 Å². The Balaban J connectivity index is 1.66. The number of hydrogen-bond acceptors (Lipinski definition) is 6. The first-order valence-corrected chi connectivity index (χ1v) is 10.4. The Kier molecular flexibility index (Phi) is 4.43. The monoisotopic (exact) mass is 420 g/mol. The van der Waals surface area contributed by atoms with Crippen LogP contribution in [0.1, 0.15) is 29.2 Å². The molecule has 1 aliphatic heterocycles. The van der Waals surface area contributed by atoms with E-state index in [1.54, 1.807) is 18.9 Å². The molecule has 0 bridgehead atoms. The van der Waals surface area contributed by atoms with Crippen LogP contribution in [0.2, 0.25) is 0 Å². The SMILES string of the molecule is COc1ccc2nc(-n3nc(C)c4c3NC(=O)C[C@H]4c3ccccc3OC)sc2c1. The number of nitrogens with zero attached hydrogens (tertiary/aromatic N) is 3. The number of anilines is 1. The number of fused-ring (bicyclic) bond motifs is 2. The van der Waals surface area contributed by atoms with E-state index in [0.29, 0.717) is 17.4 Å². The number of ether oxygens (including phenoxy) is 2. The van der Waals surface area contributed by atoms with E-state index < -0.39 is 0 Å². The minimum atomic E-state index is -0.131. The number of aromatic nitrogens is 3. The lowest BCUT2D eigenvalue weighted by Gasteiger charge is -2.25. The van der Waals surface area contributed by atoms with Gasteiger partial charge in [0, 0.05) is 23.5 Å². The number of aryl methyl sites for hydroxylation is 1. The van der Waals surface area contributed by atoms with Crippen LogP contribution in [0, 0.1) is 6.92 Å². The molecule has 1 amide bonds. The van der Waals surface area contributed by atoms with Gasteiger partial charge in [-0.2, -0.15) is 9.78 Å². The maximum absolute atomic E-state index is 12.6. The van der Waals surface area contributed by atoms with E-state index in [2.05, 4.69) is 5.32 Å². The number of thiazole rings is 1. The van der Waals surface area contributed by atoms with Crippen LogP contribution in [0.15, 0.2) is 42.5 Å². The van der Waals surface area contributed by atoms with Gasteiger partial charge in [-0.3, -0.25) is 4.79 Å². The Morgan fingerprint density at radius 2 is 2.00 bits per heavy atom. The quantitative estimate of drug-likeness (QED) is 0.533. The molecule has 1 atom stereocenters. The van der Waals surface area contributed by atoms with Gasteiger partial charge in [0.25, 0.3) is 0 Å². The molecule has 5 rings (SSSR count). The van der Waals surface area contributed by atoms with Crippen molar-refractivity contribution >= 4 is 33.3 Å². The van der Waals surface area contributed by atoms with Gasteiger partial charge in [0.2, 0.25) is 11.0 Å². The number of amides is 1. The molecule has 1 aliphatic rings. The highest BCUT2D eigenvalue weighted by Crippen LogP contribution is 2.43. The van der Waals surface area contributed by atoms with Crippen molar-refractivity contribution in [2.75, 3.05) is 19.5 Å². The van der Waals surface area contributed by atoms with Crippen molar-refractivity contribution in [2.45, 2.75) is 19.3 Å². The van der Waals surface area contributed by atoms with Crippen LogP contribution in [0.4, 0.5) is 5.82 Å². The van der Waals surface area contributed by atoms with E-state index in [-0.39, 0.29) is 11.8 Å². The van der Waals surface area contributed by atoms with Crippen molar-refractivity contribution in [3.05, 3.63) is 59.3 Å². The standard InChI is InChI=1S/C22H20N4O3S/c1-12-20-15(14-6-4-5-7-17(14)29-3)11-19(27)24-21(20)26(25-12)22-23-16-9-8-13(28-2)10-18(16)30-22/h4-10,15H,11H2,1-3H3,(H,24,27)/t15-/m0/s1. The van der Waals surface area contributed by atoms with Crippen LogP contribution < -0.4 is 14.8 Å². The van der Waals surface area contributed by atoms with Crippen molar-refractivity contribution in [3.63, 3.8) is 0 Å². The van der Waals surface area contributed by atoms with Gasteiger partial charge in [0.05, 0.1) is 30.1 Å². The molecule has 8 heteroatoms. The number of carbonyl (C=O) groups excluding carboxylic acids is 1. The Morgan fingerprint density at radius 1 is 1.17 bits per heavy atom. The Hall–Kier alpha value is -3.39. The zero-order valence-electron chi connectivity index (χ0n) is 16.8. The van der Waals surface area contributed by atoms with Gasteiger partial charge in [-0.15, -0.1) is 0 Å². The zero-order valence-corrected chi connectivity index (χ0v) is 17.6. The van der Waals surface area contributed by atoms with E-state index in [0.717, 1.165) is 38.5 Å². The summed E-state index contributed by atoms with van der Waals surface area (Å²) in [6, 6.07) is 13.6. The second-order valence-electron chi connectivity index (χ2n) is 7.14. The number of para-hydroxylation sites is 1. The minimum Gasteiger partial charge on any atom is -0.497 e. The van der Waals surface area contributed by atoms with Gasteiger partial charge in [0.15, 0.2) is 0 Å². The molecule has 30 heavy (non-hydrogen) atoms. The summed E-state index contributed by atoms with van der Waals surface area (Å²) in [6.45, 7) is 1.96. The van der Waals surface area contributed by atoms with Crippen LogP contribution in [-0.2, 0) is 4.79 Å². The smallest absolute Gasteiger partial charge is 0.226 e. The molecule has 0 saturated carbocycles. The van der Waals surface area contributed by atoms with Gasteiger partial charge in [-0.05, 0) is 31.2 Å². The molecule has 152 valence electrons. The molecular weight excluding hydrogens is 400 g/mol. The molecule has 0 saturated heterocycles. The van der Waals surface area contributed by atoms with Crippen LogP contribution in [0.5, 0.6) is 11.5 Å². The van der Waals surface area contributed by atoms with Gasteiger partial charge in [-0.25, -0.2) is 4.98 Å². The molecule has 7 nitrogen and oxygen atoms in total. The summed E-state index contributed by atoms with van der Waals surface area (Å²) in [5.41, 5.74) is 3.70. The molecule has 0 unspecified atom stereocenters. The second kappa shape index (κ2) is 7.14. The topological polar surface area (TPSA) is 78.3 Å². The largest absolute Gasteiger partial charge is 0.497 e. The molecule has 0 radical (unpaired) electrons. The van der Waals surface area contributed by atoms with Crippen LogP contribution in [0.25, 0.3) is 15.3 Å². The highest BCUT2D eigenvalue weighted by molar-refractivity contribution is 7.20. The first-order chi connectivity index (χ1) is 14.6. The van der Waals surface area contributed by atoms with Crippen molar-refractivity contribution in [1.82, 2.24) is 14.8 Å². The third kappa shape index (κ3) is 2.91. The lowest BCUT2D eigenvalue weighted by Crippen LogP contribution is -2.25. The molecule has 0 aliphatic carbocycles. The van der Waals surface area contributed by atoms with Crippen LogP contribution in [0.3, 0.4) is 0 Å². The van der Waals surface area contributed by atoms with E-state index in [1.165, 1.54) is 11.3 Å². The van der Waals surface area contributed by atoms with Crippen molar-refractivity contribution < 1.29 is 14.3 Å². The van der Waals surface area contributed by atoms with Crippen LogP contribution in [-0.4, -0.2) is 34.9 Å². The Labute approximate surface area is 177 Å². The molecule has 2 aromatic heterocycles. The van der Waals surface area contributed by atoms with Gasteiger partial charge in [-0.1, -0.05) is 29.5 Å². The highest BCUT2D eigenvalue weighted by Gasteiger charge is 2.34. The fourth-order valence-corrected chi connectivity index (χ4v) is 4.97. The molecule has 3 heterocycles. The van der Waals surface area contributed by atoms with Gasteiger partial charge in [0.1, 0.15) is 17.3 Å². The maximum Gasteiger partial charge on any atom is 0.226 e. The minimum absolute atomic E-state index is 0.0534. The fourth-order valence-electron chi connectivity index (χ4n) is 4.02. The number of carbonyl (C=O) groups is 1. The fraction of sp³-hybridized carbons (Fsp3) is 0.227. The summed E-state index contributed by atoms with van der Waals surface area (Å²) < 4.78 is 13.6. The number of hydrogen-bond donors (Lipinski definition) is 1. The third-order valence-electron chi connectivity index (χ3n) is 5.38. The maximum atomic E-state index is 12.6. The van der Waals surface area contributed by atoms with E-state index in [4.69, 9.17) is 19.6 Å². The summed E-state index contributed by atoms with van der Waals surface area (Å²) in [6.07, 6.45) is 0.344. The molecule has 0 fully saturated rings. The zero-order chi connectivity index (χ0) is 20.8. The van der Waals surface area contributed by atoms with Crippen molar-refractivity contribution in [1.29, 1.82) is 0 Å². The molecule has 2 aromatic carbocycles. The summed E-state index contributed by atoms with van der Waals surface area (Å²) in [4.78, 5) is 17.4. The van der Waals surface area contributed by atoms with Crippen LogP contribution >= 0.6 is 11.3 Å². The van der Waals surface area contributed by atoms with E-state index >= 15 is 0 Å². The highest BCUT2D eigenvalue weighted by atomic mass is 32.1. The number of methoxy groups -OCH3 is 2. The first-order valence-electron chi connectivity index (χ1n) is 9.56. The van der Waals surface area contributed by atoms with Crippen molar-refractivity contribution in [2.24, 2.45) is 0 Å². The first kappa shape index (κ1) is 18.6. The Bertz CT molecular complexity index is 1280. The average molecular weight is 420 g/mol. The summed E-state index contributed by atoms with van der Waals surface area (Å²) in [5.74, 6) is 2.03. The summed E-state index contributed by atoms with van der Waals surface area (Å²) in [5, 5.41) is 8.46. The average Bonchev–Trinajstić information content (AvgIpc) is 3.33. The normalized spacial score (nSPS) is 15.7. The predicted octanol–water partition coefficient (Wildman–Crippen LogP) is 4.28. The lowest BCUT2D eigenvalue weighted by molar-refractivity contribution is -0.116. The van der Waals surface area contributed by atoms with E-state index in [9.17, 15) is 4.79 Å². The van der Waals surface area contributed by atoms with Gasteiger partial charge >= 0.3 is 0 Å². The third-order valence-corrected chi connectivity index (χ3v) is 6.38. The number of nitrogens with one attached hydrogen (secondary N) is 1. The van der Waals surface area contributed by atoms with Crippen molar-refractivity contribution in [3.8, 4) is 16.6 Å². The second-order valence-corrected chi connectivity index (χ2v) is 8.15. The predicted molar refractivity (Wildman–Crippen MR) is 116 cm³/mol. The summed E-state index contributed by atoms with van der Waals surface area (Å²) >= 11 is 1.51. The Morgan fingerprint density at radius 3 is 2.80 bits per heavy atom. The molecular formula is C22H20N4O3S. The molecule has 4 aromatic rings. The lowest BCUT2D eigenvalue weighted by atomic mass is 9.85. The van der Waals surface area contributed by atoms with Gasteiger partial charge < -0.3 is 14.8 Å².